The Morgan fingerprint density at radius 2 is 1.67 bits per heavy atom. The Morgan fingerprint density at radius 3 is 1.92 bits per heavy atom. The van der Waals surface area contributed by atoms with Crippen LogP contribution < -0.4 is 10.2 Å². The highest BCUT2D eigenvalue weighted by Crippen LogP contribution is 2.00. The highest BCUT2D eigenvalue weighted by Gasteiger charge is 2.10. The molecule has 0 heterocycles. The third kappa shape index (κ3) is 3.92. The molecule has 0 atom stereocenters. The van der Waals surface area contributed by atoms with E-state index in [1.807, 2.05) is 0 Å². The minimum absolute atomic E-state index is 0.0116. The molecule has 12 heavy (non-hydrogen) atoms. The summed E-state index contributed by atoms with van der Waals surface area (Å²) < 4.78 is 0. The SMILES string of the molecule is CN(C)CCC(C(=O)[O-])C(=O)[O-]. The molecule has 0 spiro atoms. The summed E-state index contributed by atoms with van der Waals surface area (Å²) in [5.74, 6) is -4.68. The number of hydrogen-bond donors (Lipinski definition) is 0. The van der Waals surface area contributed by atoms with Gasteiger partial charge in [0.1, 0.15) is 0 Å². The largest absolute Gasteiger partial charge is 0.549 e. The Hall–Kier alpha value is -1.10. The smallest absolute Gasteiger partial charge is 0.0502 e. The van der Waals surface area contributed by atoms with Crippen LogP contribution in [0.2, 0.25) is 0 Å². The number of hydrogen-bond acceptors (Lipinski definition) is 5. The first-order chi connectivity index (χ1) is 5.45. The number of carboxylic acid groups (broad SMARTS) is 2. The van der Waals surface area contributed by atoms with E-state index in [0.717, 1.165) is 0 Å². The minimum Gasteiger partial charge on any atom is -0.549 e. The quantitative estimate of drug-likeness (QED) is 0.415. The third-order valence-electron chi connectivity index (χ3n) is 1.43. The van der Waals surface area contributed by atoms with E-state index in [-0.39, 0.29) is 6.42 Å². The fourth-order valence-corrected chi connectivity index (χ4v) is 0.719. The zero-order valence-electron chi connectivity index (χ0n) is 7.07. The predicted octanol–water partition coefficient (Wildman–Crippen LogP) is -2.95. The lowest BCUT2D eigenvalue weighted by Gasteiger charge is -2.20. The summed E-state index contributed by atoms with van der Waals surface area (Å²) in [5, 5.41) is 20.4. The number of aliphatic carboxylic acids is 2. The average molecular weight is 173 g/mol. The molecule has 0 amide bonds. The van der Waals surface area contributed by atoms with Crippen LogP contribution in [0.15, 0.2) is 0 Å². The molecule has 70 valence electrons. The monoisotopic (exact) mass is 173 g/mol. The highest BCUT2D eigenvalue weighted by atomic mass is 16.4. The van der Waals surface area contributed by atoms with Crippen molar-refractivity contribution in [3.8, 4) is 0 Å². The zero-order valence-corrected chi connectivity index (χ0v) is 7.07. The van der Waals surface area contributed by atoms with E-state index in [1.54, 1.807) is 19.0 Å². The summed E-state index contributed by atoms with van der Waals surface area (Å²) in [7, 11) is 3.45. The van der Waals surface area contributed by atoms with Gasteiger partial charge in [0.25, 0.3) is 0 Å². The number of rotatable bonds is 5. The van der Waals surface area contributed by atoms with E-state index >= 15 is 0 Å². The first-order valence-electron chi connectivity index (χ1n) is 3.51. The Morgan fingerprint density at radius 1 is 1.25 bits per heavy atom. The maximum atomic E-state index is 10.2. The van der Waals surface area contributed by atoms with Crippen molar-refractivity contribution in [3.05, 3.63) is 0 Å². The Labute approximate surface area is 70.6 Å². The molecule has 0 aliphatic heterocycles. The second-order valence-corrected chi connectivity index (χ2v) is 2.78. The second kappa shape index (κ2) is 4.71. The van der Waals surface area contributed by atoms with Gasteiger partial charge in [-0.2, -0.15) is 0 Å². The summed E-state index contributed by atoms with van der Waals surface area (Å²) in [6.45, 7) is 0.382. The van der Waals surface area contributed by atoms with Gasteiger partial charge in [-0.25, -0.2) is 0 Å². The topological polar surface area (TPSA) is 83.5 Å². The van der Waals surface area contributed by atoms with E-state index in [9.17, 15) is 19.8 Å². The second-order valence-electron chi connectivity index (χ2n) is 2.78. The predicted molar refractivity (Wildman–Crippen MR) is 36.7 cm³/mol. The molecule has 0 rings (SSSR count). The van der Waals surface area contributed by atoms with Gasteiger partial charge in [-0.15, -0.1) is 0 Å². The Bertz CT molecular complexity index is 164. The average Bonchev–Trinajstić information content (AvgIpc) is 1.84. The molecule has 0 aromatic rings. The van der Waals surface area contributed by atoms with Crippen molar-refractivity contribution < 1.29 is 19.8 Å². The molecule has 0 unspecified atom stereocenters. The minimum atomic E-state index is -1.59. The van der Waals surface area contributed by atoms with E-state index < -0.39 is 17.9 Å². The standard InChI is InChI=1S/C7H13NO4/c1-8(2)4-3-5(6(9)10)7(11)12/h5H,3-4H2,1-2H3,(H,9,10)(H,11,12)/p-2. The molecule has 0 aromatic carbocycles. The Balaban J connectivity index is 3.97. The van der Waals surface area contributed by atoms with E-state index in [1.165, 1.54) is 0 Å². The summed E-state index contributed by atoms with van der Waals surface area (Å²) in [4.78, 5) is 22.1. The van der Waals surface area contributed by atoms with Crippen molar-refractivity contribution in [2.75, 3.05) is 20.6 Å². The molecule has 0 saturated carbocycles. The lowest BCUT2D eigenvalue weighted by Crippen LogP contribution is -2.44. The fourth-order valence-electron chi connectivity index (χ4n) is 0.719. The Kier molecular flexibility index (Phi) is 4.28. The molecular formula is C7H11NO4-2. The molecule has 0 bridgehead atoms. The molecule has 0 aromatic heterocycles. The first-order valence-corrected chi connectivity index (χ1v) is 3.51. The first kappa shape index (κ1) is 10.9. The molecule has 0 fully saturated rings. The van der Waals surface area contributed by atoms with Crippen molar-refractivity contribution in [2.24, 2.45) is 5.92 Å². The molecule has 0 radical (unpaired) electrons. The van der Waals surface area contributed by atoms with Gasteiger partial charge in [-0.1, -0.05) is 0 Å². The third-order valence-corrected chi connectivity index (χ3v) is 1.43. The van der Waals surface area contributed by atoms with Crippen molar-refractivity contribution in [3.63, 3.8) is 0 Å². The molecule has 0 aliphatic rings. The van der Waals surface area contributed by atoms with Crippen LogP contribution in [0.3, 0.4) is 0 Å². The van der Waals surface area contributed by atoms with Gasteiger partial charge in [0, 0.05) is 5.92 Å². The van der Waals surface area contributed by atoms with Crippen LogP contribution >= 0.6 is 0 Å². The van der Waals surface area contributed by atoms with E-state index in [2.05, 4.69) is 0 Å². The van der Waals surface area contributed by atoms with Crippen molar-refractivity contribution in [2.45, 2.75) is 6.42 Å². The zero-order chi connectivity index (χ0) is 9.72. The normalized spacial score (nSPS) is 10.7. The van der Waals surface area contributed by atoms with Gasteiger partial charge in [-0.05, 0) is 27.1 Å². The lowest BCUT2D eigenvalue weighted by atomic mass is 10.1. The number of carboxylic acids is 2. The molecule has 0 saturated heterocycles. The van der Waals surface area contributed by atoms with Gasteiger partial charge < -0.3 is 24.7 Å². The van der Waals surface area contributed by atoms with Crippen LogP contribution in [0.25, 0.3) is 0 Å². The molecule has 0 N–H and O–H groups in total. The van der Waals surface area contributed by atoms with Crippen LogP contribution in [0.5, 0.6) is 0 Å². The van der Waals surface area contributed by atoms with Gasteiger partial charge in [0.15, 0.2) is 0 Å². The van der Waals surface area contributed by atoms with Crippen LogP contribution in [-0.2, 0) is 9.59 Å². The van der Waals surface area contributed by atoms with E-state index in [4.69, 9.17) is 0 Å². The summed E-state index contributed by atoms with van der Waals surface area (Å²) >= 11 is 0. The van der Waals surface area contributed by atoms with Gasteiger partial charge in [-0.3, -0.25) is 0 Å². The summed E-state index contributed by atoms with van der Waals surface area (Å²) in [5.41, 5.74) is 0. The van der Waals surface area contributed by atoms with Crippen LogP contribution in [0.4, 0.5) is 0 Å². The van der Waals surface area contributed by atoms with Crippen LogP contribution in [0.1, 0.15) is 6.42 Å². The van der Waals surface area contributed by atoms with Crippen LogP contribution in [-0.4, -0.2) is 37.5 Å². The maximum Gasteiger partial charge on any atom is 0.0502 e. The number of carbonyl (C=O) groups excluding carboxylic acids is 2. The van der Waals surface area contributed by atoms with E-state index in [0.29, 0.717) is 6.54 Å². The molecule has 5 nitrogen and oxygen atoms in total. The van der Waals surface area contributed by atoms with Crippen molar-refractivity contribution >= 4 is 11.9 Å². The van der Waals surface area contributed by atoms with Gasteiger partial charge in [0.05, 0.1) is 11.9 Å². The highest BCUT2D eigenvalue weighted by molar-refractivity contribution is 5.90. The lowest BCUT2D eigenvalue weighted by molar-refractivity contribution is -0.332. The number of carbonyl (C=O) groups is 2. The van der Waals surface area contributed by atoms with Gasteiger partial charge in [0.2, 0.25) is 0 Å². The maximum absolute atomic E-state index is 10.2. The molecule has 0 aliphatic carbocycles. The van der Waals surface area contributed by atoms with Gasteiger partial charge >= 0.3 is 0 Å². The van der Waals surface area contributed by atoms with Crippen LogP contribution in [0, 0.1) is 5.92 Å². The molecular weight excluding hydrogens is 162 g/mol. The fraction of sp³-hybridized carbons (Fsp3) is 0.714. The number of nitrogens with zero attached hydrogens (tertiary/aromatic N) is 1. The summed E-state index contributed by atoms with van der Waals surface area (Å²) in [6, 6.07) is 0. The molecule has 5 heteroatoms. The van der Waals surface area contributed by atoms with Crippen molar-refractivity contribution in [1.29, 1.82) is 0 Å². The van der Waals surface area contributed by atoms with Crippen molar-refractivity contribution in [1.82, 2.24) is 4.90 Å². The summed E-state index contributed by atoms with van der Waals surface area (Å²) in [6.07, 6.45) is 0.0116.